The standard InChI is InChI=1S/C9H15NO3/c1-7-5-9(13-6-11)3-4-10(7)8(2)12/h6-7,9H,3-5H2,1-2H3. The molecule has 0 spiro atoms. The van der Waals surface area contributed by atoms with Gasteiger partial charge in [0.25, 0.3) is 6.47 Å². The van der Waals surface area contributed by atoms with Crippen LogP contribution >= 0.6 is 0 Å². The molecule has 0 aromatic carbocycles. The van der Waals surface area contributed by atoms with Crippen molar-refractivity contribution in [3.8, 4) is 0 Å². The molecule has 1 saturated heterocycles. The van der Waals surface area contributed by atoms with Crippen LogP contribution in [0.15, 0.2) is 0 Å². The van der Waals surface area contributed by atoms with Crippen molar-refractivity contribution in [3.05, 3.63) is 0 Å². The van der Waals surface area contributed by atoms with E-state index in [2.05, 4.69) is 0 Å². The first-order valence-electron chi connectivity index (χ1n) is 4.51. The number of rotatable bonds is 2. The maximum Gasteiger partial charge on any atom is 0.293 e. The molecular weight excluding hydrogens is 170 g/mol. The van der Waals surface area contributed by atoms with Crippen LogP contribution in [0, 0.1) is 0 Å². The molecule has 74 valence electrons. The Hall–Kier alpha value is -1.06. The highest BCUT2D eigenvalue weighted by Crippen LogP contribution is 2.19. The molecule has 1 fully saturated rings. The van der Waals surface area contributed by atoms with E-state index in [4.69, 9.17) is 4.74 Å². The fourth-order valence-electron chi connectivity index (χ4n) is 1.80. The quantitative estimate of drug-likeness (QED) is 0.590. The molecule has 0 bridgehead atoms. The van der Waals surface area contributed by atoms with Crippen molar-refractivity contribution in [3.63, 3.8) is 0 Å². The molecule has 4 nitrogen and oxygen atoms in total. The second kappa shape index (κ2) is 4.25. The molecule has 1 heterocycles. The largest absolute Gasteiger partial charge is 0.464 e. The normalized spacial score (nSPS) is 28.3. The third kappa shape index (κ3) is 2.44. The average Bonchev–Trinajstić information content (AvgIpc) is 2.04. The number of ether oxygens (including phenoxy) is 1. The SMILES string of the molecule is CC(=O)N1CCC(OC=O)CC1C. The molecule has 0 aromatic rings. The van der Waals surface area contributed by atoms with Gasteiger partial charge in [-0.05, 0) is 6.92 Å². The fourth-order valence-corrected chi connectivity index (χ4v) is 1.80. The van der Waals surface area contributed by atoms with Gasteiger partial charge in [0.15, 0.2) is 0 Å². The topological polar surface area (TPSA) is 46.6 Å². The number of amides is 1. The minimum atomic E-state index is -0.0110. The first kappa shape index (κ1) is 10.0. The van der Waals surface area contributed by atoms with Gasteiger partial charge in [-0.15, -0.1) is 0 Å². The second-order valence-electron chi connectivity index (χ2n) is 3.44. The highest BCUT2D eigenvalue weighted by molar-refractivity contribution is 5.73. The Kier molecular flexibility index (Phi) is 3.28. The summed E-state index contributed by atoms with van der Waals surface area (Å²) in [5.74, 6) is 0.0945. The van der Waals surface area contributed by atoms with E-state index in [1.165, 1.54) is 0 Å². The summed E-state index contributed by atoms with van der Waals surface area (Å²) in [5, 5.41) is 0. The lowest BCUT2D eigenvalue weighted by atomic mass is 10.0. The van der Waals surface area contributed by atoms with Crippen LogP contribution in [0.3, 0.4) is 0 Å². The van der Waals surface area contributed by atoms with Gasteiger partial charge in [-0.3, -0.25) is 9.59 Å². The van der Waals surface area contributed by atoms with Gasteiger partial charge in [-0.2, -0.15) is 0 Å². The Balaban J connectivity index is 2.46. The third-order valence-electron chi connectivity index (χ3n) is 2.48. The van der Waals surface area contributed by atoms with Crippen LogP contribution in [0.1, 0.15) is 26.7 Å². The highest BCUT2D eigenvalue weighted by Gasteiger charge is 2.27. The molecule has 0 N–H and O–H groups in total. The molecule has 0 saturated carbocycles. The molecule has 1 aliphatic heterocycles. The summed E-state index contributed by atoms with van der Waals surface area (Å²) in [6.45, 7) is 4.72. The second-order valence-corrected chi connectivity index (χ2v) is 3.44. The predicted molar refractivity (Wildman–Crippen MR) is 47.0 cm³/mol. The molecule has 2 atom stereocenters. The zero-order valence-electron chi connectivity index (χ0n) is 8.03. The number of carbonyl (C=O) groups is 2. The van der Waals surface area contributed by atoms with E-state index < -0.39 is 0 Å². The first-order chi connectivity index (χ1) is 6.15. The maximum atomic E-state index is 11.1. The van der Waals surface area contributed by atoms with Crippen LogP contribution in [-0.2, 0) is 14.3 Å². The van der Waals surface area contributed by atoms with Crippen LogP contribution in [0.5, 0.6) is 0 Å². The summed E-state index contributed by atoms with van der Waals surface area (Å²) in [6.07, 6.45) is 1.49. The third-order valence-corrected chi connectivity index (χ3v) is 2.48. The lowest BCUT2D eigenvalue weighted by Gasteiger charge is -2.36. The Morgan fingerprint density at radius 1 is 1.62 bits per heavy atom. The Bertz CT molecular complexity index is 205. The van der Waals surface area contributed by atoms with Gasteiger partial charge in [0, 0.05) is 32.4 Å². The number of piperidine rings is 1. The minimum Gasteiger partial charge on any atom is -0.464 e. The first-order valence-corrected chi connectivity index (χ1v) is 4.51. The van der Waals surface area contributed by atoms with Gasteiger partial charge in [0.2, 0.25) is 5.91 Å². The Morgan fingerprint density at radius 2 is 2.31 bits per heavy atom. The van der Waals surface area contributed by atoms with Gasteiger partial charge in [-0.1, -0.05) is 0 Å². The summed E-state index contributed by atoms with van der Waals surface area (Å²) in [5.41, 5.74) is 0. The molecular formula is C9H15NO3. The van der Waals surface area contributed by atoms with Crippen molar-refractivity contribution in [1.29, 1.82) is 0 Å². The zero-order valence-corrected chi connectivity index (χ0v) is 8.03. The molecule has 1 aliphatic rings. The lowest BCUT2D eigenvalue weighted by molar-refractivity contribution is -0.140. The highest BCUT2D eigenvalue weighted by atomic mass is 16.5. The molecule has 2 unspecified atom stereocenters. The molecule has 0 aromatic heterocycles. The van der Waals surface area contributed by atoms with Crippen LogP contribution in [-0.4, -0.2) is 36.0 Å². The van der Waals surface area contributed by atoms with Crippen molar-refractivity contribution in [2.24, 2.45) is 0 Å². The molecule has 4 heteroatoms. The van der Waals surface area contributed by atoms with E-state index in [1.54, 1.807) is 6.92 Å². The fraction of sp³-hybridized carbons (Fsp3) is 0.778. The Morgan fingerprint density at radius 3 is 2.77 bits per heavy atom. The van der Waals surface area contributed by atoms with Crippen LogP contribution in [0.25, 0.3) is 0 Å². The zero-order chi connectivity index (χ0) is 9.84. The lowest BCUT2D eigenvalue weighted by Crippen LogP contribution is -2.45. The van der Waals surface area contributed by atoms with E-state index in [9.17, 15) is 9.59 Å². The average molecular weight is 185 g/mol. The van der Waals surface area contributed by atoms with Crippen molar-refractivity contribution < 1.29 is 14.3 Å². The van der Waals surface area contributed by atoms with E-state index in [1.807, 2.05) is 11.8 Å². The molecule has 13 heavy (non-hydrogen) atoms. The van der Waals surface area contributed by atoms with Crippen LogP contribution in [0.2, 0.25) is 0 Å². The van der Waals surface area contributed by atoms with Crippen LogP contribution in [0.4, 0.5) is 0 Å². The van der Waals surface area contributed by atoms with Crippen molar-refractivity contribution in [2.75, 3.05) is 6.54 Å². The monoisotopic (exact) mass is 185 g/mol. The molecule has 1 rings (SSSR count). The summed E-state index contributed by atoms with van der Waals surface area (Å²) < 4.78 is 4.86. The van der Waals surface area contributed by atoms with E-state index >= 15 is 0 Å². The molecule has 1 amide bonds. The van der Waals surface area contributed by atoms with Crippen molar-refractivity contribution in [2.45, 2.75) is 38.8 Å². The summed E-state index contributed by atoms with van der Waals surface area (Å²) in [4.78, 5) is 23.0. The van der Waals surface area contributed by atoms with Gasteiger partial charge in [0.05, 0.1) is 0 Å². The van der Waals surface area contributed by atoms with Gasteiger partial charge >= 0.3 is 0 Å². The number of hydrogen-bond donors (Lipinski definition) is 0. The smallest absolute Gasteiger partial charge is 0.293 e. The minimum absolute atomic E-state index is 0.0110. The molecule has 0 radical (unpaired) electrons. The summed E-state index contributed by atoms with van der Waals surface area (Å²) in [6, 6.07) is 0.177. The number of nitrogens with zero attached hydrogens (tertiary/aromatic N) is 1. The van der Waals surface area contributed by atoms with E-state index in [0.717, 1.165) is 12.8 Å². The summed E-state index contributed by atoms with van der Waals surface area (Å²) >= 11 is 0. The van der Waals surface area contributed by atoms with E-state index in [-0.39, 0.29) is 18.1 Å². The van der Waals surface area contributed by atoms with Gasteiger partial charge < -0.3 is 9.64 Å². The number of carbonyl (C=O) groups excluding carboxylic acids is 2. The van der Waals surface area contributed by atoms with E-state index in [0.29, 0.717) is 13.0 Å². The predicted octanol–water partition coefficient (Wildman–Crippen LogP) is 0.559. The number of likely N-dealkylation sites (tertiary alicyclic amines) is 1. The molecule has 0 aliphatic carbocycles. The number of hydrogen-bond acceptors (Lipinski definition) is 3. The van der Waals surface area contributed by atoms with Crippen molar-refractivity contribution in [1.82, 2.24) is 4.90 Å². The van der Waals surface area contributed by atoms with Gasteiger partial charge in [-0.25, -0.2) is 0 Å². The Labute approximate surface area is 77.8 Å². The summed E-state index contributed by atoms with van der Waals surface area (Å²) in [7, 11) is 0. The van der Waals surface area contributed by atoms with Gasteiger partial charge in [0.1, 0.15) is 6.10 Å². The van der Waals surface area contributed by atoms with Crippen molar-refractivity contribution >= 4 is 12.4 Å². The maximum absolute atomic E-state index is 11.1. The van der Waals surface area contributed by atoms with Crippen LogP contribution < -0.4 is 0 Å².